The summed E-state index contributed by atoms with van der Waals surface area (Å²) in [4.78, 5) is 41.6. The highest BCUT2D eigenvalue weighted by atomic mass is 19.1. The minimum Gasteiger partial charge on any atom is -0.483 e. The molecule has 1 atom stereocenters. The summed E-state index contributed by atoms with van der Waals surface area (Å²) >= 11 is 0. The van der Waals surface area contributed by atoms with E-state index < -0.39 is 23.0 Å². The predicted octanol–water partition coefficient (Wildman–Crippen LogP) is 3.82. The number of hydrogen-bond acceptors (Lipinski definition) is 4. The monoisotopic (exact) mass is 493 g/mol. The molecule has 0 saturated carbocycles. The minimum atomic E-state index is -0.798. The number of carbonyl (C=O) groups excluding carboxylic acids is 2. The zero-order valence-electron chi connectivity index (χ0n) is 19.5. The Morgan fingerprint density at radius 1 is 1.08 bits per heavy atom. The van der Waals surface area contributed by atoms with Crippen LogP contribution in [0, 0.1) is 11.6 Å². The van der Waals surface area contributed by atoms with Crippen molar-refractivity contribution in [2.75, 3.05) is 13.1 Å². The molecule has 1 fully saturated rings. The number of amides is 2. The maximum Gasteiger partial charge on any atom is 0.274 e. The van der Waals surface area contributed by atoms with Crippen LogP contribution in [-0.2, 0) is 13.2 Å². The Morgan fingerprint density at radius 2 is 1.89 bits per heavy atom. The number of carbonyl (C=O) groups is 2. The van der Waals surface area contributed by atoms with Crippen molar-refractivity contribution in [3.05, 3.63) is 99.0 Å². The molecule has 0 spiro atoms. The van der Waals surface area contributed by atoms with Gasteiger partial charge < -0.3 is 19.5 Å². The number of halogens is 2. The van der Waals surface area contributed by atoms with Gasteiger partial charge in [0.2, 0.25) is 5.43 Å². The molecule has 2 aromatic carbocycles. The number of ether oxygens (including phenoxy) is 1. The Morgan fingerprint density at radius 3 is 2.67 bits per heavy atom. The van der Waals surface area contributed by atoms with E-state index in [4.69, 9.17) is 4.74 Å². The molecule has 0 unspecified atom stereocenters. The Hall–Kier alpha value is -4.01. The van der Waals surface area contributed by atoms with Crippen LogP contribution in [0.25, 0.3) is 0 Å². The summed E-state index contributed by atoms with van der Waals surface area (Å²) in [5.41, 5.74) is 0.128. The number of nitrogens with one attached hydrogen (secondary N) is 1. The quantitative estimate of drug-likeness (QED) is 0.566. The van der Waals surface area contributed by atoms with Crippen LogP contribution in [0.4, 0.5) is 8.78 Å². The molecule has 2 aliphatic heterocycles. The van der Waals surface area contributed by atoms with Gasteiger partial charge >= 0.3 is 0 Å². The summed E-state index contributed by atoms with van der Waals surface area (Å²) in [7, 11) is 0. The summed E-state index contributed by atoms with van der Waals surface area (Å²) in [5, 5.41) is 2.54. The normalized spacial score (nSPS) is 16.8. The summed E-state index contributed by atoms with van der Waals surface area (Å²) in [6.45, 7) is 0.914. The van der Waals surface area contributed by atoms with E-state index in [9.17, 15) is 23.2 Å². The van der Waals surface area contributed by atoms with Gasteiger partial charge in [0.25, 0.3) is 11.8 Å². The van der Waals surface area contributed by atoms with Crippen molar-refractivity contribution in [3.63, 3.8) is 0 Å². The molecule has 36 heavy (non-hydrogen) atoms. The van der Waals surface area contributed by atoms with Crippen molar-refractivity contribution in [1.82, 2.24) is 14.8 Å². The topological polar surface area (TPSA) is 80.6 Å². The first-order chi connectivity index (χ1) is 17.4. The van der Waals surface area contributed by atoms with Crippen molar-refractivity contribution in [2.45, 2.75) is 38.5 Å². The van der Waals surface area contributed by atoms with Crippen molar-refractivity contribution >= 4 is 11.8 Å². The number of rotatable bonds is 6. The van der Waals surface area contributed by atoms with Gasteiger partial charge in [0.15, 0.2) is 11.4 Å². The van der Waals surface area contributed by atoms with E-state index in [-0.39, 0.29) is 47.7 Å². The van der Waals surface area contributed by atoms with Crippen LogP contribution in [0.15, 0.2) is 59.5 Å². The molecule has 7 nitrogen and oxygen atoms in total. The van der Waals surface area contributed by atoms with Gasteiger partial charge in [0.1, 0.15) is 23.8 Å². The number of benzene rings is 2. The van der Waals surface area contributed by atoms with E-state index in [0.717, 1.165) is 37.0 Å². The maximum atomic E-state index is 14.0. The van der Waals surface area contributed by atoms with Crippen LogP contribution in [0.3, 0.4) is 0 Å². The molecule has 2 aliphatic rings. The van der Waals surface area contributed by atoms with Crippen LogP contribution >= 0.6 is 0 Å². The molecular weight excluding hydrogens is 468 g/mol. The third-order valence-electron chi connectivity index (χ3n) is 6.65. The van der Waals surface area contributed by atoms with Crippen LogP contribution < -0.4 is 15.5 Å². The molecule has 3 heterocycles. The van der Waals surface area contributed by atoms with Gasteiger partial charge in [-0.3, -0.25) is 14.4 Å². The molecule has 9 heteroatoms. The van der Waals surface area contributed by atoms with E-state index >= 15 is 0 Å². The summed E-state index contributed by atoms with van der Waals surface area (Å²) in [6.07, 6.45) is 3.97. The van der Waals surface area contributed by atoms with Crippen LogP contribution in [-0.4, -0.2) is 34.4 Å². The molecule has 1 aromatic heterocycles. The van der Waals surface area contributed by atoms with Gasteiger partial charge in [-0.15, -0.1) is 0 Å². The molecule has 0 radical (unpaired) electrons. The Labute approximate surface area is 206 Å². The molecule has 0 aliphatic carbocycles. The molecule has 2 bridgehead atoms. The van der Waals surface area contributed by atoms with Gasteiger partial charge in [0.05, 0.1) is 6.04 Å². The van der Waals surface area contributed by atoms with Crippen LogP contribution in [0.5, 0.6) is 5.75 Å². The molecule has 186 valence electrons. The van der Waals surface area contributed by atoms with Gasteiger partial charge in [-0.2, -0.15) is 0 Å². The van der Waals surface area contributed by atoms with Gasteiger partial charge in [-0.1, -0.05) is 36.4 Å². The first kappa shape index (κ1) is 23.7. The number of hydrogen-bond donors (Lipinski definition) is 1. The second-order valence-corrected chi connectivity index (χ2v) is 9.05. The fourth-order valence-electron chi connectivity index (χ4n) is 4.75. The molecule has 1 N–H and O–H groups in total. The van der Waals surface area contributed by atoms with E-state index in [1.165, 1.54) is 12.3 Å². The minimum absolute atomic E-state index is 0.0485. The smallest absolute Gasteiger partial charge is 0.274 e. The standard InChI is InChI=1S/C27H25F2N3O4/c28-19-10-9-18(22(29)12-19)13-30-26(34)21-15-32-20-8-4-5-11-31(14-20)27(35)23(32)25(24(21)33)36-16-17-6-2-1-3-7-17/h1-3,6-7,9-10,12,15,20H,4-5,8,11,13-14,16H2,(H,30,34)/t20-/m1/s1. The highest BCUT2D eigenvalue weighted by Crippen LogP contribution is 2.32. The van der Waals surface area contributed by atoms with E-state index in [2.05, 4.69) is 5.32 Å². The maximum absolute atomic E-state index is 14.0. The molecule has 5 rings (SSSR count). The zero-order valence-corrected chi connectivity index (χ0v) is 19.5. The first-order valence-corrected chi connectivity index (χ1v) is 11.9. The van der Waals surface area contributed by atoms with Crippen molar-refractivity contribution in [1.29, 1.82) is 0 Å². The van der Waals surface area contributed by atoms with Crippen LogP contribution in [0.2, 0.25) is 0 Å². The van der Waals surface area contributed by atoms with E-state index in [0.29, 0.717) is 13.1 Å². The lowest BCUT2D eigenvalue weighted by molar-refractivity contribution is 0.0673. The van der Waals surface area contributed by atoms with Crippen molar-refractivity contribution in [3.8, 4) is 5.75 Å². The lowest BCUT2D eigenvalue weighted by atomic mass is 10.1. The third kappa shape index (κ3) is 4.60. The summed E-state index contributed by atoms with van der Waals surface area (Å²) < 4.78 is 34.9. The fourth-order valence-corrected chi connectivity index (χ4v) is 4.75. The number of fused-ring (bicyclic) bond motifs is 4. The lowest BCUT2D eigenvalue weighted by Gasteiger charge is -2.35. The van der Waals surface area contributed by atoms with E-state index in [1.54, 1.807) is 9.47 Å². The average molecular weight is 494 g/mol. The molecular formula is C27H25F2N3O4. The zero-order chi connectivity index (χ0) is 25.2. The second kappa shape index (κ2) is 9.93. The van der Waals surface area contributed by atoms with Gasteiger partial charge in [0, 0.05) is 37.5 Å². The predicted molar refractivity (Wildman–Crippen MR) is 128 cm³/mol. The molecule has 1 saturated heterocycles. The largest absolute Gasteiger partial charge is 0.483 e. The highest BCUT2D eigenvalue weighted by molar-refractivity contribution is 5.99. The van der Waals surface area contributed by atoms with E-state index in [1.807, 2.05) is 30.3 Å². The molecule has 3 aromatic rings. The number of nitrogens with zero attached hydrogens (tertiary/aromatic N) is 2. The van der Waals surface area contributed by atoms with Crippen molar-refractivity contribution < 1.29 is 23.1 Å². The summed E-state index contributed by atoms with van der Waals surface area (Å²) in [6, 6.07) is 12.2. The Kier molecular flexibility index (Phi) is 6.54. The SMILES string of the molecule is O=C(NCc1ccc(F)cc1F)c1cn2c(c(OCc3ccccc3)c1=O)C(=O)N1CCCC[C@@H]2C1. The number of pyridine rings is 1. The van der Waals surface area contributed by atoms with Crippen LogP contribution in [0.1, 0.15) is 57.3 Å². The summed E-state index contributed by atoms with van der Waals surface area (Å²) in [5.74, 6) is -2.71. The Balaban J connectivity index is 1.52. The molecule has 2 amide bonds. The fraction of sp³-hybridized carbons (Fsp3) is 0.296. The Bertz CT molecular complexity index is 1370. The first-order valence-electron chi connectivity index (χ1n) is 11.9. The van der Waals surface area contributed by atoms with Gasteiger partial charge in [-0.05, 0) is 30.9 Å². The van der Waals surface area contributed by atoms with Crippen molar-refractivity contribution in [2.24, 2.45) is 0 Å². The average Bonchev–Trinajstić information content (AvgIpc) is 3.10. The lowest BCUT2D eigenvalue weighted by Crippen LogP contribution is -2.44. The third-order valence-corrected chi connectivity index (χ3v) is 6.65. The van der Waals surface area contributed by atoms with Gasteiger partial charge in [-0.25, -0.2) is 8.78 Å². The second-order valence-electron chi connectivity index (χ2n) is 9.05. The number of aromatic nitrogens is 1. The highest BCUT2D eigenvalue weighted by Gasteiger charge is 2.37.